The molecule has 96 valence electrons. The van der Waals surface area contributed by atoms with Crippen molar-refractivity contribution in [2.75, 3.05) is 13.1 Å². The number of aromatic nitrogens is 1. The minimum Gasteiger partial charge on any atom is -0.344 e. The molecule has 17 heavy (non-hydrogen) atoms. The summed E-state index contributed by atoms with van der Waals surface area (Å²) in [7, 11) is 1.93. The fourth-order valence-corrected chi connectivity index (χ4v) is 2.09. The quantitative estimate of drug-likeness (QED) is 0.825. The second kappa shape index (κ2) is 5.56. The Labute approximate surface area is 108 Å². The Kier molecular flexibility index (Phi) is 4.60. The zero-order valence-corrected chi connectivity index (χ0v) is 11.2. The van der Waals surface area contributed by atoms with Gasteiger partial charge in [0.25, 0.3) is 5.91 Å². The van der Waals surface area contributed by atoms with Crippen LogP contribution < -0.4 is 5.73 Å². The number of nitrogens with zero attached hydrogens (tertiary/aromatic N) is 2. The van der Waals surface area contributed by atoms with Gasteiger partial charge in [0.1, 0.15) is 5.69 Å². The van der Waals surface area contributed by atoms with Crippen LogP contribution in [0.25, 0.3) is 0 Å². The van der Waals surface area contributed by atoms with Crippen LogP contribution in [0.1, 0.15) is 29.0 Å². The predicted octanol–water partition coefficient (Wildman–Crippen LogP) is 1.32. The maximum atomic E-state index is 12.2. The summed E-state index contributed by atoms with van der Waals surface area (Å²) in [5.74, 6) is 0.127. The maximum Gasteiger partial charge on any atom is 0.270 e. The molecule has 0 saturated carbocycles. The molecule has 2 heterocycles. The van der Waals surface area contributed by atoms with Crippen LogP contribution in [0.4, 0.5) is 0 Å². The molecule has 1 aromatic rings. The minimum atomic E-state index is 0. The van der Waals surface area contributed by atoms with Gasteiger partial charge in [0.15, 0.2) is 0 Å². The molecule has 1 amide bonds. The highest BCUT2D eigenvalue weighted by Crippen LogP contribution is 2.14. The van der Waals surface area contributed by atoms with Crippen LogP contribution in [0.2, 0.25) is 0 Å². The van der Waals surface area contributed by atoms with E-state index in [1.165, 1.54) is 0 Å². The summed E-state index contributed by atoms with van der Waals surface area (Å²) in [6, 6.07) is 4.13. The van der Waals surface area contributed by atoms with Gasteiger partial charge in [-0.05, 0) is 31.9 Å². The summed E-state index contributed by atoms with van der Waals surface area (Å²) in [5, 5.41) is 0. The molecule has 2 N–H and O–H groups in total. The normalized spacial score (nSPS) is 16.8. The van der Waals surface area contributed by atoms with E-state index in [0.717, 1.165) is 37.3 Å². The van der Waals surface area contributed by atoms with E-state index in [2.05, 4.69) is 0 Å². The van der Waals surface area contributed by atoms with Gasteiger partial charge in [0.2, 0.25) is 0 Å². The number of halogens is 1. The van der Waals surface area contributed by atoms with Crippen LogP contribution in [-0.4, -0.2) is 34.5 Å². The van der Waals surface area contributed by atoms with Gasteiger partial charge in [0.05, 0.1) is 0 Å². The molecule has 2 rings (SSSR count). The Morgan fingerprint density at radius 3 is 2.41 bits per heavy atom. The number of rotatable bonds is 1. The van der Waals surface area contributed by atoms with E-state index >= 15 is 0 Å². The van der Waals surface area contributed by atoms with Crippen molar-refractivity contribution in [1.82, 2.24) is 9.47 Å². The van der Waals surface area contributed by atoms with Crippen molar-refractivity contribution in [3.05, 3.63) is 23.5 Å². The Morgan fingerprint density at radius 2 is 1.94 bits per heavy atom. The summed E-state index contributed by atoms with van der Waals surface area (Å²) in [6.07, 6.45) is 1.82. The lowest BCUT2D eigenvalue weighted by Crippen LogP contribution is -2.43. The standard InChI is InChI=1S/C12H19N3O.ClH/c1-9-3-4-11(14(9)2)12(16)15-7-5-10(13)6-8-15;/h3-4,10H,5-8,13H2,1-2H3;1H. The zero-order valence-electron chi connectivity index (χ0n) is 10.3. The molecule has 1 aromatic heterocycles. The monoisotopic (exact) mass is 257 g/mol. The summed E-state index contributed by atoms with van der Waals surface area (Å²) >= 11 is 0. The lowest BCUT2D eigenvalue weighted by Gasteiger charge is -2.30. The molecule has 1 aliphatic rings. The first kappa shape index (κ1) is 14.1. The summed E-state index contributed by atoms with van der Waals surface area (Å²) in [5.41, 5.74) is 7.71. The molecule has 1 saturated heterocycles. The number of carbonyl (C=O) groups is 1. The fourth-order valence-electron chi connectivity index (χ4n) is 2.09. The van der Waals surface area contributed by atoms with Crippen LogP contribution in [0.3, 0.4) is 0 Å². The van der Waals surface area contributed by atoms with E-state index in [-0.39, 0.29) is 24.4 Å². The third-order valence-corrected chi connectivity index (χ3v) is 3.42. The van der Waals surface area contributed by atoms with E-state index in [1.54, 1.807) is 0 Å². The van der Waals surface area contributed by atoms with Crippen molar-refractivity contribution in [3.8, 4) is 0 Å². The maximum absolute atomic E-state index is 12.2. The first-order valence-corrected chi connectivity index (χ1v) is 5.77. The van der Waals surface area contributed by atoms with E-state index in [4.69, 9.17) is 5.73 Å². The van der Waals surface area contributed by atoms with Crippen LogP contribution in [0.15, 0.2) is 12.1 Å². The number of aryl methyl sites for hydroxylation is 1. The number of nitrogens with two attached hydrogens (primary N) is 1. The molecule has 1 fully saturated rings. The van der Waals surface area contributed by atoms with Crippen molar-refractivity contribution in [3.63, 3.8) is 0 Å². The number of piperidine rings is 1. The van der Waals surface area contributed by atoms with E-state index in [9.17, 15) is 4.79 Å². The first-order chi connectivity index (χ1) is 7.59. The molecule has 0 aliphatic carbocycles. The molecule has 1 aliphatic heterocycles. The van der Waals surface area contributed by atoms with Gasteiger partial charge < -0.3 is 15.2 Å². The van der Waals surface area contributed by atoms with Gasteiger partial charge in [-0.3, -0.25) is 4.79 Å². The highest BCUT2D eigenvalue weighted by atomic mass is 35.5. The van der Waals surface area contributed by atoms with Crippen LogP contribution in [0, 0.1) is 6.92 Å². The third kappa shape index (κ3) is 2.82. The van der Waals surface area contributed by atoms with E-state index in [0.29, 0.717) is 0 Å². The summed E-state index contributed by atoms with van der Waals surface area (Å²) in [4.78, 5) is 14.1. The molecular formula is C12H20ClN3O. The van der Waals surface area contributed by atoms with Gasteiger partial charge in [-0.1, -0.05) is 0 Å². The predicted molar refractivity (Wildman–Crippen MR) is 70.5 cm³/mol. The average Bonchev–Trinajstić information content (AvgIpc) is 2.60. The average molecular weight is 258 g/mol. The molecule has 0 aromatic carbocycles. The van der Waals surface area contributed by atoms with Gasteiger partial charge in [-0.2, -0.15) is 0 Å². The van der Waals surface area contributed by atoms with Crippen molar-refractivity contribution in [1.29, 1.82) is 0 Å². The Bertz CT molecular complexity index is 394. The molecule has 4 nitrogen and oxygen atoms in total. The number of likely N-dealkylation sites (tertiary alicyclic amines) is 1. The van der Waals surface area contributed by atoms with Gasteiger partial charge in [0, 0.05) is 31.9 Å². The SMILES string of the molecule is Cc1ccc(C(=O)N2CCC(N)CC2)n1C.Cl. The topological polar surface area (TPSA) is 51.3 Å². The molecule has 0 spiro atoms. The van der Waals surface area contributed by atoms with Crippen molar-refractivity contribution in [2.45, 2.75) is 25.8 Å². The molecule has 0 unspecified atom stereocenters. The highest BCUT2D eigenvalue weighted by molar-refractivity contribution is 5.93. The Balaban J connectivity index is 0.00000144. The number of amides is 1. The minimum absolute atomic E-state index is 0. The zero-order chi connectivity index (χ0) is 11.7. The van der Waals surface area contributed by atoms with Crippen LogP contribution >= 0.6 is 12.4 Å². The van der Waals surface area contributed by atoms with Crippen molar-refractivity contribution in [2.24, 2.45) is 12.8 Å². The van der Waals surface area contributed by atoms with Crippen LogP contribution in [0.5, 0.6) is 0 Å². The highest BCUT2D eigenvalue weighted by Gasteiger charge is 2.23. The second-order valence-corrected chi connectivity index (χ2v) is 4.55. The second-order valence-electron chi connectivity index (χ2n) is 4.55. The number of hydrogen-bond donors (Lipinski definition) is 1. The largest absolute Gasteiger partial charge is 0.344 e. The van der Waals surface area contributed by atoms with E-state index < -0.39 is 0 Å². The van der Waals surface area contributed by atoms with Crippen molar-refractivity contribution < 1.29 is 4.79 Å². The number of hydrogen-bond acceptors (Lipinski definition) is 2. The smallest absolute Gasteiger partial charge is 0.270 e. The summed E-state index contributed by atoms with van der Waals surface area (Å²) in [6.45, 7) is 3.57. The van der Waals surface area contributed by atoms with Crippen molar-refractivity contribution >= 4 is 18.3 Å². The summed E-state index contributed by atoms with van der Waals surface area (Å²) < 4.78 is 1.94. The Hall–Kier alpha value is -1.00. The van der Waals surface area contributed by atoms with Gasteiger partial charge in [-0.15, -0.1) is 12.4 Å². The Morgan fingerprint density at radius 1 is 1.35 bits per heavy atom. The van der Waals surface area contributed by atoms with Crippen LogP contribution in [-0.2, 0) is 7.05 Å². The molecular weight excluding hydrogens is 238 g/mol. The van der Waals surface area contributed by atoms with Gasteiger partial charge >= 0.3 is 0 Å². The van der Waals surface area contributed by atoms with E-state index in [1.807, 2.05) is 35.6 Å². The molecule has 0 bridgehead atoms. The lowest BCUT2D eigenvalue weighted by atomic mass is 10.1. The molecule has 0 atom stereocenters. The molecule has 5 heteroatoms. The lowest BCUT2D eigenvalue weighted by molar-refractivity contribution is 0.0705. The number of carbonyl (C=O) groups excluding carboxylic acids is 1. The third-order valence-electron chi connectivity index (χ3n) is 3.42. The first-order valence-electron chi connectivity index (χ1n) is 5.77. The fraction of sp³-hybridized carbons (Fsp3) is 0.583. The molecule has 0 radical (unpaired) electrons. The van der Waals surface area contributed by atoms with Gasteiger partial charge in [-0.25, -0.2) is 0 Å².